The van der Waals surface area contributed by atoms with E-state index in [1.54, 1.807) is 11.4 Å². The highest BCUT2D eigenvalue weighted by atomic mass is 32.1. The van der Waals surface area contributed by atoms with Crippen LogP contribution in [-0.4, -0.2) is 24.4 Å². The minimum atomic E-state index is -0.301. The van der Waals surface area contributed by atoms with Crippen LogP contribution in [0.5, 0.6) is 0 Å². The molecule has 15 heavy (non-hydrogen) atoms. The second kappa shape index (κ2) is 4.44. The summed E-state index contributed by atoms with van der Waals surface area (Å²) in [6.45, 7) is 2.15. The van der Waals surface area contributed by atoms with Crippen molar-refractivity contribution in [3.05, 3.63) is 22.4 Å². The lowest BCUT2D eigenvalue weighted by atomic mass is 10.2. The molecule has 0 aromatic carbocycles. The first-order valence-corrected chi connectivity index (χ1v) is 5.58. The number of carbonyl (C=O) groups is 1. The van der Waals surface area contributed by atoms with Crippen LogP contribution in [-0.2, 0) is 9.57 Å². The first-order valence-electron chi connectivity index (χ1n) is 4.64. The topological polar surface area (TPSA) is 47.9 Å². The highest BCUT2D eigenvalue weighted by Crippen LogP contribution is 2.12. The standard InChI is InChI=1S/C10H11NO3S/c1-7-4-9(14-11-7)5-13-10(12)8-2-3-15-6-8/h2-3,6,9H,4-5H2,1H3. The van der Waals surface area contributed by atoms with Gasteiger partial charge in [-0.25, -0.2) is 4.79 Å². The molecule has 1 aliphatic heterocycles. The third-order valence-electron chi connectivity index (χ3n) is 2.04. The Bertz CT molecular complexity index is 372. The van der Waals surface area contributed by atoms with Crippen molar-refractivity contribution in [1.29, 1.82) is 0 Å². The number of rotatable bonds is 3. The van der Waals surface area contributed by atoms with Crippen molar-refractivity contribution in [1.82, 2.24) is 0 Å². The molecule has 5 heteroatoms. The minimum absolute atomic E-state index is 0.118. The molecular formula is C10H11NO3S. The van der Waals surface area contributed by atoms with Crippen molar-refractivity contribution in [2.45, 2.75) is 19.4 Å². The van der Waals surface area contributed by atoms with Crippen molar-refractivity contribution in [3.63, 3.8) is 0 Å². The molecule has 1 unspecified atom stereocenters. The summed E-state index contributed by atoms with van der Waals surface area (Å²) < 4.78 is 5.09. The summed E-state index contributed by atoms with van der Waals surface area (Å²) in [5, 5.41) is 7.39. The molecule has 0 aliphatic carbocycles. The van der Waals surface area contributed by atoms with E-state index in [-0.39, 0.29) is 18.7 Å². The first-order chi connectivity index (χ1) is 7.25. The molecule has 2 heterocycles. The van der Waals surface area contributed by atoms with E-state index in [1.165, 1.54) is 11.3 Å². The predicted molar refractivity (Wildman–Crippen MR) is 57.2 cm³/mol. The second-order valence-corrected chi connectivity index (χ2v) is 4.15. The Balaban J connectivity index is 1.77. The molecule has 4 nitrogen and oxygen atoms in total. The van der Waals surface area contributed by atoms with Gasteiger partial charge < -0.3 is 9.57 Å². The zero-order valence-corrected chi connectivity index (χ0v) is 9.12. The van der Waals surface area contributed by atoms with E-state index in [1.807, 2.05) is 12.3 Å². The Hall–Kier alpha value is -1.36. The highest BCUT2D eigenvalue weighted by molar-refractivity contribution is 7.08. The maximum atomic E-state index is 11.4. The molecular weight excluding hydrogens is 214 g/mol. The quantitative estimate of drug-likeness (QED) is 0.740. The lowest BCUT2D eigenvalue weighted by molar-refractivity contribution is 0.00690. The molecule has 1 aromatic heterocycles. The van der Waals surface area contributed by atoms with Crippen LogP contribution in [0.15, 0.2) is 22.0 Å². The molecule has 0 N–H and O–H groups in total. The third-order valence-corrected chi connectivity index (χ3v) is 2.72. The van der Waals surface area contributed by atoms with Crippen LogP contribution in [0.25, 0.3) is 0 Å². The average Bonchev–Trinajstić information content (AvgIpc) is 2.84. The number of carbonyl (C=O) groups excluding carboxylic acids is 1. The van der Waals surface area contributed by atoms with E-state index in [2.05, 4.69) is 5.16 Å². The van der Waals surface area contributed by atoms with Crippen LogP contribution in [0, 0.1) is 0 Å². The van der Waals surface area contributed by atoms with Gasteiger partial charge in [0.2, 0.25) is 0 Å². The molecule has 80 valence electrons. The summed E-state index contributed by atoms with van der Waals surface area (Å²) in [4.78, 5) is 16.5. The molecule has 0 spiro atoms. The monoisotopic (exact) mass is 225 g/mol. The third kappa shape index (κ3) is 2.56. The fourth-order valence-corrected chi connectivity index (χ4v) is 1.92. The minimum Gasteiger partial charge on any atom is -0.458 e. The van der Waals surface area contributed by atoms with Crippen LogP contribution in [0.3, 0.4) is 0 Å². The molecule has 0 saturated heterocycles. The fraction of sp³-hybridized carbons (Fsp3) is 0.400. The van der Waals surface area contributed by atoms with Gasteiger partial charge in [-0.1, -0.05) is 5.16 Å². The Kier molecular flexibility index (Phi) is 3.01. The van der Waals surface area contributed by atoms with Gasteiger partial charge in [0.1, 0.15) is 6.61 Å². The number of esters is 1. The van der Waals surface area contributed by atoms with E-state index in [4.69, 9.17) is 9.57 Å². The molecule has 2 rings (SSSR count). The first kappa shape index (κ1) is 10.2. The zero-order valence-electron chi connectivity index (χ0n) is 8.30. The summed E-state index contributed by atoms with van der Waals surface area (Å²) in [6, 6.07) is 1.74. The van der Waals surface area contributed by atoms with Gasteiger partial charge in [-0.3, -0.25) is 0 Å². The van der Waals surface area contributed by atoms with Crippen molar-refractivity contribution in [3.8, 4) is 0 Å². The molecule has 0 bridgehead atoms. The van der Waals surface area contributed by atoms with Crippen LogP contribution in [0.1, 0.15) is 23.7 Å². The van der Waals surface area contributed by atoms with Crippen molar-refractivity contribution < 1.29 is 14.4 Å². The van der Waals surface area contributed by atoms with Crippen LogP contribution in [0.2, 0.25) is 0 Å². The van der Waals surface area contributed by atoms with Gasteiger partial charge in [-0.2, -0.15) is 11.3 Å². The van der Waals surface area contributed by atoms with Gasteiger partial charge in [0, 0.05) is 11.8 Å². The Morgan fingerprint density at radius 1 is 1.80 bits per heavy atom. The molecule has 1 aliphatic rings. The average molecular weight is 225 g/mol. The van der Waals surface area contributed by atoms with E-state index >= 15 is 0 Å². The number of oxime groups is 1. The largest absolute Gasteiger partial charge is 0.458 e. The lowest BCUT2D eigenvalue weighted by Crippen LogP contribution is -2.18. The van der Waals surface area contributed by atoms with Crippen LogP contribution in [0.4, 0.5) is 0 Å². The molecule has 0 saturated carbocycles. The van der Waals surface area contributed by atoms with Crippen molar-refractivity contribution in [2.24, 2.45) is 5.16 Å². The SMILES string of the molecule is CC1=NOC(COC(=O)c2ccsc2)C1. The van der Waals surface area contributed by atoms with Gasteiger partial charge in [-0.15, -0.1) is 0 Å². The summed E-state index contributed by atoms with van der Waals surface area (Å²) in [7, 11) is 0. The van der Waals surface area contributed by atoms with Gasteiger partial charge in [0.25, 0.3) is 0 Å². The van der Waals surface area contributed by atoms with Gasteiger partial charge >= 0.3 is 5.97 Å². The number of hydrogen-bond acceptors (Lipinski definition) is 5. The van der Waals surface area contributed by atoms with E-state index < -0.39 is 0 Å². The lowest BCUT2D eigenvalue weighted by Gasteiger charge is -2.08. The summed E-state index contributed by atoms with van der Waals surface area (Å²) in [5.41, 5.74) is 1.53. The molecule has 1 aromatic rings. The number of ether oxygens (including phenoxy) is 1. The maximum Gasteiger partial charge on any atom is 0.339 e. The normalized spacial score (nSPS) is 19.5. The highest BCUT2D eigenvalue weighted by Gasteiger charge is 2.20. The Morgan fingerprint density at radius 2 is 2.67 bits per heavy atom. The zero-order chi connectivity index (χ0) is 10.7. The van der Waals surface area contributed by atoms with E-state index in [9.17, 15) is 4.79 Å². The van der Waals surface area contributed by atoms with Gasteiger partial charge in [0.15, 0.2) is 6.10 Å². The van der Waals surface area contributed by atoms with Gasteiger partial charge in [-0.05, 0) is 18.4 Å². The molecule has 0 fully saturated rings. The van der Waals surface area contributed by atoms with Crippen LogP contribution < -0.4 is 0 Å². The fourth-order valence-electron chi connectivity index (χ4n) is 1.29. The van der Waals surface area contributed by atoms with E-state index in [0.717, 1.165) is 12.1 Å². The second-order valence-electron chi connectivity index (χ2n) is 3.37. The van der Waals surface area contributed by atoms with Crippen LogP contribution >= 0.6 is 11.3 Å². The van der Waals surface area contributed by atoms with Crippen molar-refractivity contribution in [2.75, 3.05) is 6.61 Å². The molecule has 1 atom stereocenters. The molecule has 0 radical (unpaired) electrons. The summed E-state index contributed by atoms with van der Waals surface area (Å²) in [6.07, 6.45) is 0.615. The maximum absolute atomic E-state index is 11.4. The van der Waals surface area contributed by atoms with Crippen molar-refractivity contribution >= 4 is 23.0 Å². The number of nitrogens with zero attached hydrogens (tertiary/aromatic N) is 1. The van der Waals surface area contributed by atoms with E-state index in [0.29, 0.717) is 5.56 Å². The predicted octanol–water partition coefficient (Wildman–Crippen LogP) is 2.07. The Morgan fingerprint density at radius 3 is 3.27 bits per heavy atom. The number of thiophene rings is 1. The summed E-state index contributed by atoms with van der Waals surface area (Å²) >= 11 is 1.47. The smallest absolute Gasteiger partial charge is 0.339 e. The summed E-state index contributed by atoms with van der Waals surface area (Å²) in [5.74, 6) is -0.301. The number of hydrogen-bond donors (Lipinski definition) is 0. The van der Waals surface area contributed by atoms with Gasteiger partial charge in [0.05, 0.1) is 11.3 Å². The molecule has 0 amide bonds. The Labute approximate surface area is 91.5 Å².